The Labute approximate surface area is 285 Å². The SMILES string of the molecule is CSC12CC3=CC=CC(OC(=O)Cc4ccccc4)C3N1C(=O)C1(SC)CC3=COC=CC(OC(=O)C(=O)c4ccccc4)C3N1C2=O. The lowest BCUT2D eigenvalue weighted by atomic mass is 9.96. The van der Waals surface area contributed by atoms with Crippen LogP contribution in [-0.4, -0.2) is 85.9 Å². The van der Waals surface area contributed by atoms with Crippen LogP contribution in [-0.2, 0) is 39.8 Å². The van der Waals surface area contributed by atoms with E-state index in [-0.39, 0.29) is 36.6 Å². The molecule has 6 unspecified atom stereocenters. The first-order valence-electron chi connectivity index (χ1n) is 15.4. The fourth-order valence-corrected chi connectivity index (χ4v) is 9.28. The van der Waals surface area contributed by atoms with Crippen molar-refractivity contribution in [2.75, 3.05) is 12.5 Å². The molecular formula is C36H32N2O8S2. The van der Waals surface area contributed by atoms with Gasteiger partial charge in [0, 0.05) is 18.4 Å². The van der Waals surface area contributed by atoms with E-state index in [2.05, 4.69) is 0 Å². The first-order chi connectivity index (χ1) is 23.2. The van der Waals surface area contributed by atoms with Gasteiger partial charge in [-0.1, -0.05) is 72.8 Å². The number of carbonyl (C=O) groups excluding carboxylic acids is 5. The van der Waals surface area contributed by atoms with Gasteiger partial charge in [-0.15, -0.1) is 23.5 Å². The Hall–Kier alpha value is -4.55. The summed E-state index contributed by atoms with van der Waals surface area (Å²) in [6.07, 6.45) is 11.8. The van der Waals surface area contributed by atoms with Crippen molar-refractivity contribution in [3.8, 4) is 0 Å². The van der Waals surface area contributed by atoms with E-state index in [0.717, 1.165) is 11.1 Å². The van der Waals surface area contributed by atoms with Crippen LogP contribution >= 0.6 is 23.5 Å². The average molecular weight is 685 g/mol. The van der Waals surface area contributed by atoms with Crippen molar-refractivity contribution in [2.24, 2.45) is 0 Å². The van der Waals surface area contributed by atoms with Gasteiger partial charge in [0.05, 0.1) is 31.0 Å². The van der Waals surface area contributed by atoms with E-state index in [1.165, 1.54) is 59.2 Å². The maximum Gasteiger partial charge on any atom is 0.380 e. The largest absolute Gasteiger partial charge is 0.473 e. The quantitative estimate of drug-likeness (QED) is 0.228. The van der Waals surface area contributed by atoms with E-state index in [9.17, 15) is 14.4 Å². The van der Waals surface area contributed by atoms with Crippen molar-refractivity contribution in [3.05, 3.63) is 120 Å². The molecule has 2 aromatic rings. The molecule has 246 valence electrons. The molecule has 0 spiro atoms. The number of hydrogen-bond donors (Lipinski definition) is 0. The molecule has 3 saturated heterocycles. The number of ketones is 1. The molecule has 2 amide bonds. The minimum Gasteiger partial charge on any atom is -0.473 e. The van der Waals surface area contributed by atoms with Crippen LogP contribution in [0.1, 0.15) is 28.8 Å². The van der Waals surface area contributed by atoms with E-state index in [4.69, 9.17) is 14.2 Å². The monoisotopic (exact) mass is 684 g/mol. The highest BCUT2D eigenvalue weighted by Gasteiger charge is 2.73. The summed E-state index contributed by atoms with van der Waals surface area (Å²) in [7, 11) is 0. The molecule has 12 heteroatoms. The lowest BCUT2D eigenvalue weighted by molar-refractivity contribution is -0.171. The number of amides is 2. The van der Waals surface area contributed by atoms with Crippen LogP contribution in [0, 0.1) is 0 Å². The Morgan fingerprint density at radius 2 is 1.40 bits per heavy atom. The predicted molar refractivity (Wildman–Crippen MR) is 179 cm³/mol. The van der Waals surface area contributed by atoms with Crippen LogP contribution in [0.25, 0.3) is 0 Å². The third-order valence-corrected chi connectivity index (χ3v) is 11.9. The van der Waals surface area contributed by atoms with Crippen LogP contribution in [0.3, 0.4) is 0 Å². The Kier molecular flexibility index (Phi) is 8.32. The molecule has 0 radical (unpaired) electrons. The molecule has 6 atom stereocenters. The zero-order valence-electron chi connectivity index (χ0n) is 26.1. The smallest absolute Gasteiger partial charge is 0.380 e. The fraction of sp³-hybridized carbons (Fsp3) is 0.306. The number of Topliss-reactive ketones (excluding diaryl/α,β-unsaturated/α-hetero) is 1. The van der Waals surface area contributed by atoms with Crippen LogP contribution in [0.15, 0.2) is 109 Å². The Balaban J connectivity index is 1.22. The number of thioether (sulfide) groups is 2. The number of nitrogens with zero attached hydrogens (tertiary/aromatic N) is 2. The number of ether oxygens (including phenoxy) is 3. The summed E-state index contributed by atoms with van der Waals surface area (Å²) in [5.41, 5.74) is 2.36. The third kappa shape index (κ3) is 5.00. The van der Waals surface area contributed by atoms with Crippen molar-refractivity contribution in [2.45, 2.75) is 53.3 Å². The first kappa shape index (κ1) is 32.0. The van der Waals surface area contributed by atoms with E-state index >= 15 is 9.59 Å². The second-order valence-electron chi connectivity index (χ2n) is 12.0. The predicted octanol–water partition coefficient (Wildman–Crippen LogP) is 4.19. The zero-order chi connectivity index (χ0) is 33.6. The average Bonchev–Trinajstić information content (AvgIpc) is 3.57. The highest BCUT2D eigenvalue weighted by atomic mass is 32.2. The van der Waals surface area contributed by atoms with Crippen molar-refractivity contribution >= 4 is 53.1 Å². The summed E-state index contributed by atoms with van der Waals surface area (Å²) in [6, 6.07) is 15.8. The van der Waals surface area contributed by atoms with Gasteiger partial charge in [-0.25, -0.2) is 4.79 Å². The summed E-state index contributed by atoms with van der Waals surface area (Å²) in [6.45, 7) is 0. The van der Waals surface area contributed by atoms with Crippen molar-refractivity contribution in [3.63, 3.8) is 0 Å². The normalized spacial score (nSPS) is 29.8. The second kappa shape index (κ2) is 12.5. The van der Waals surface area contributed by atoms with Gasteiger partial charge in [0.1, 0.15) is 12.2 Å². The minimum absolute atomic E-state index is 0.0657. The number of allylic oxidation sites excluding steroid dienone is 2. The van der Waals surface area contributed by atoms with Crippen molar-refractivity contribution in [1.29, 1.82) is 0 Å². The van der Waals surface area contributed by atoms with E-state index < -0.39 is 51.8 Å². The Morgan fingerprint density at radius 1 is 0.812 bits per heavy atom. The number of rotatable bonds is 8. The molecule has 48 heavy (non-hydrogen) atoms. The number of hydrogen-bond acceptors (Lipinski definition) is 10. The van der Waals surface area contributed by atoms with Gasteiger partial charge < -0.3 is 24.0 Å². The number of benzene rings is 2. The molecule has 7 rings (SSSR count). The van der Waals surface area contributed by atoms with Crippen LogP contribution in [0.5, 0.6) is 0 Å². The summed E-state index contributed by atoms with van der Waals surface area (Å²) in [4.78, 5) is 69.8. The van der Waals surface area contributed by atoms with Crippen LogP contribution in [0.4, 0.5) is 0 Å². The lowest BCUT2D eigenvalue weighted by Gasteiger charge is -2.54. The van der Waals surface area contributed by atoms with Gasteiger partial charge in [0.15, 0.2) is 9.74 Å². The van der Waals surface area contributed by atoms with E-state index in [1.807, 2.05) is 36.4 Å². The van der Waals surface area contributed by atoms with Crippen LogP contribution in [0.2, 0.25) is 0 Å². The minimum atomic E-state index is -1.41. The van der Waals surface area contributed by atoms with Gasteiger partial charge in [0.2, 0.25) is 0 Å². The standard InChI is InChI=1S/C36H32N2O8S2/c1-47-35-19-24-14-9-15-26(45-28(39)18-22-10-5-3-6-11-22)29(24)37(35)34(43)36(48-2)20-25-21-44-17-16-27(30(25)38(36)33(35)42)46-32(41)31(40)23-12-7-4-8-13-23/h3-17,21,26-27,29-30H,18-20H2,1-2H3. The van der Waals surface area contributed by atoms with Gasteiger partial charge in [-0.05, 0) is 41.4 Å². The van der Waals surface area contributed by atoms with Gasteiger partial charge in [0.25, 0.3) is 17.6 Å². The number of esters is 2. The Morgan fingerprint density at radius 3 is 2.04 bits per heavy atom. The van der Waals surface area contributed by atoms with Crippen LogP contribution < -0.4 is 0 Å². The molecule has 3 fully saturated rings. The summed E-state index contributed by atoms with van der Waals surface area (Å²) in [5, 5.41) is 0. The first-order valence-corrected chi connectivity index (χ1v) is 17.9. The summed E-state index contributed by atoms with van der Waals surface area (Å²) >= 11 is 2.47. The molecule has 1 aliphatic carbocycles. The molecule has 4 heterocycles. The maximum atomic E-state index is 15.1. The Bertz CT molecular complexity index is 1810. The zero-order valence-corrected chi connectivity index (χ0v) is 27.8. The molecule has 0 N–H and O–H groups in total. The van der Waals surface area contributed by atoms with Crippen molar-refractivity contribution < 1.29 is 38.2 Å². The summed E-state index contributed by atoms with van der Waals surface area (Å²) < 4.78 is 17.4. The van der Waals surface area contributed by atoms with Gasteiger partial charge in [-0.3, -0.25) is 19.2 Å². The molecule has 4 aliphatic heterocycles. The summed E-state index contributed by atoms with van der Waals surface area (Å²) in [5.74, 6) is -3.01. The maximum absolute atomic E-state index is 15.1. The molecular weight excluding hydrogens is 653 g/mol. The van der Waals surface area contributed by atoms with E-state index in [1.54, 1.807) is 47.8 Å². The van der Waals surface area contributed by atoms with Gasteiger partial charge >= 0.3 is 11.9 Å². The number of piperazine rings is 1. The fourth-order valence-electron chi connectivity index (χ4n) is 7.33. The van der Waals surface area contributed by atoms with E-state index in [0.29, 0.717) is 5.57 Å². The lowest BCUT2D eigenvalue weighted by Crippen LogP contribution is -2.74. The highest BCUT2D eigenvalue weighted by Crippen LogP contribution is 2.59. The molecule has 0 aromatic heterocycles. The molecule has 10 nitrogen and oxygen atoms in total. The molecule has 5 aliphatic rings. The highest BCUT2D eigenvalue weighted by molar-refractivity contribution is 8.01. The molecule has 0 bridgehead atoms. The third-order valence-electron chi connectivity index (χ3n) is 9.49. The van der Waals surface area contributed by atoms with Crippen molar-refractivity contribution in [1.82, 2.24) is 9.80 Å². The molecule has 0 saturated carbocycles. The topological polar surface area (TPSA) is 120 Å². The van der Waals surface area contributed by atoms with Gasteiger partial charge in [-0.2, -0.15) is 0 Å². The number of fused-ring (bicyclic) bond motifs is 6. The second-order valence-corrected chi connectivity index (χ2v) is 14.2. The molecule has 2 aromatic carbocycles. The number of carbonyl (C=O) groups is 5.